The minimum Gasteiger partial charge on any atom is -0.478 e. The molecular weight excluding hydrogens is 140 g/mol. The third kappa shape index (κ3) is 3.81. The molecule has 0 radical (unpaired) electrons. The first-order valence-electron chi connectivity index (χ1n) is 3.82. The van der Waals surface area contributed by atoms with Crippen molar-refractivity contribution in [2.75, 3.05) is 0 Å². The molecule has 2 nitrogen and oxygen atoms in total. The van der Waals surface area contributed by atoms with E-state index in [4.69, 9.17) is 5.11 Å². The van der Waals surface area contributed by atoms with Gasteiger partial charge in [0, 0.05) is 6.08 Å². The van der Waals surface area contributed by atoms with Gasteiger partial charge in [0.25, 0.3) is 0 Å². The van der Waals surface area contributed by atoms with Crippen molar-refractivity contribution in [3.63, 3.8) is 0 Å². The Bertz CT molecular complexity index is 172. The van der Waals surface area contributed by atoms with Crippen LogP contribution in [-0.2, 0) is 4.79 Å². The zero-order valence-corrected chi connectivity index (χ0v) is 7.64. The van der Waals surface area contributed by atoms with Gasteiger partial charge in [0.05, 0.1) is 0 Å². The van der Waals surface area contributed by atoms with E-state index in [9.17, 15) is 4.79 Å². The highest BCUT2D eigenvalue weighted by molar-refractivity contribution is 5.80. The van der Waals surface area contributed by atoms with E-state index in [1.54, 1.807) is 0 Å². The summed E-state index contributed by atoms with van der Waals surface area (Å²) in [5, 5.41) is 8.50. The lowest BCUT2D eigenvalue weighted by Gasteiger charge is -2.21. The van der Waals surface area contributed by atoms with Crippen LogP contribution in [0, 0.1) is 5.41 Å². The Hall–Kier alpha value is -0.790. The lowest BCUT2D eigenvalue weighted by Crippen LogP contribution is -2.10. The molecule has 0 aliphatic carbocycles. The van der Waals surface area contributed by atoms with Gasteiger partial charge in [0.15, 0.2) is 0 Å². The van der Waals surface area contributed by atoms with Crippen LogP contribution < -0.4 is 0 Å². The topological polar surface area (TPSA) is 37.3 Å². The summed E-state index contributed by atoms with van der Waals surface area (Å²) < 4.78 is 0. The van der Waals surface area contributed by atoms with Crippen molar-refractivity contribution in [3.8, 4) is 0 Å². The molecule has 0 rings (SSSR count). The average molecular weight is 156 g/mol. The molecule has 64 valence electrons. The number of hydrogen-bond acceptors (Lipinski definition) is 1. The fourth-order valence-corrected chi connectivity index (χ4v) is 0.998. The van der Waals surface area contributed by atoms with Crippen LogP contribution >= 0.6 is 0 Å². The molecule has 0 unspecified atom stereocenters. The van der Waals surface area contributed by atoms with E-state index in [-0.39, 0.29) is 5.41 Å². The third-order valence-corrected chi connectivity index (χ3v) is 1.64. The lowest BCUT2D eigenvalue weighted by molar-refractivity contribution is -0.131. The van der Waals surface area contributed by atoms with Crippen molar-refractivity contribution in [1.29, 1.82) is 0 Å². The molecule has 0 aliphatic heterocycles. The summed E-state index contributed by atoms with van der Waals surface area (Å²) in [5.74, 6) is -0.850. The molecule has 0 aromatic carbocycles. The summed E-state index contributed by atoms with van der Waals surface area (Å²) in [4.78, 5) is 10.3. The Morgan fingerprint density at radius 1 is 1.45 bits per heavy atom. The van der Waals surface area contributed by atoms with Gasteiger partial charge in [-0.15, -0.1) is 0 Å². The Morgan fingerprint density at radius 3 is 2.00 bits per heavy atom. The van der Waals surface area contributed by atoms with Crippen molar-refractivity contribution in [2.45, 2.75) is 34.1 Å². The average Bonchev–Trinajstić information content (AvgIpc) is 1.79. The second-order valence-electron chi connectivity index (χ2n) is 3.61. The van der Waals surface area contributed by atoms with Gasteiger partial charge in [-0.2, -0.15) is 0 Å². The van der Waals surface area contributed by atoms with Crippen molar-refractivity contribution >= 4 is 5.97 Å². The third-order valence-electron chi connectivity index (χ3n) is 1.64. The van der Waals surface area contributed by atoms with Crippen LogP contribution in [0.15, 0.2) is 11.6 Å². The summed E-state index contributed by atoms with van der Waals surface area (Å²) in [6.45, 7) is 8.03. The molecule has 0 heterocycles. The lowest BCUT2D eigenvalue weighted by atomic mass is 9.85. The summed E-state index contributed by atoms with van der Waals surface area (Å²) in [6.07, 6.45) is 2.11. The van der Waals surface area contributed by atoms with Crippen molar-refractivity contribution < 1.29 is 9.90 Å². The number of carbonyl (C=O) groups is 1. The highest BCUT2D eigenvalue weighted by Crippen LogP contribution is 2.27. The smallest absolute Gasteiger partial charge is 0.328 e. The molecule has 2 heteroatoms. The van der Waals surface area contributed by atoms with Gasteiger partial charge < -0.3 is 5.11 Å². The molecule has 0 atom stereocenters. The maximum Gasteiger partial charge on any atom is 0.328 e. The second-order valence-corrected chi connectivity index (χ2v) is 3.61. The van der Waals surface area contributed by atoms with Crippen LogP contribution in [0.2, 0.25) is 0 Å². The number of allylic oxidation sites excluding steroid dienone is 1. The largest absolute Gasteiger partial charge is 0.478 e. The number of carboxylic acids is 1. The minimum atomic E-state index is -0.850. The summed E-state index contributed by atoms with van der Waals surface area (Å²) in [7, 11) is 0. The number of rotatable bonds is 2. The molecule has 0 amide bonds. The molecule has 0 saturated heterocycles. The molecule has 0 saturated carbocycles. The predicted octanol–water partition coefficient (Wildman–Crippen LogP) is 2.45. The van der Waals surface area contributed by atoms with Crippen LogP contribution in [0.4, 0.5) is 0 Å². The van der Waals surface area contributed by atoms with Gasteiger partial charge in [0.2, 0.25) is 0 Å². The van der Waals surface area contributed by atoms with Crippen LogP contribution in [-0.4, -0.2) is 11.1 Å². The highest BCUT2D eigenvalue weighted by atomic mass is 16.4. The molecule has 0 aromatic rings. The fraction of sp³-hybridized carbons (Fsp3) is 0.667. The first-order valence-corrected chi connectivity index (χ1v) is 3.82. The van der Waals surface area contributed by atoms with Gasteiger partial charge in [-0.05, 0) is 11.8 Å². The maximum atomic E-state index is 10.3. The van der Waals surface area contributed by atoms with Gasteiger partial charge in [-0.25, -0.2) is 4.79 Å². The summed E-state index contributed by atoms with van der Waals surface area (Å²) in [5.41, 5.74) is 0.956. The van der Waals surface area contributed by atoms with E-state index in [0.29, 0.717) is 0 Å². The summed E-state index contributed by atoms with van der Waals surface area (Å²) in [6, 6.07) is 0. The quantitative estimate of drug-likeness (QED) is 0.623. The van der Waals surface area contributed by atoms with Crippen molar-refractivity contribution in [1.82, 2.24) is 0 Å². The highest BCUT2D eigenvalue weighted by Gasteiger charge is 2.15. The van der Waals surface area contributed by atoms with E-state index in [0.717, 1.165) is 12.0 Å². The van der Waals surface area contributed by atoms with E-state index >= 15 is 0 Å². The fourth-order valence-electron chi connectivity index (χ4n) is 0.998. The molecule has 0 spiro atoms. The SMILES string of the molecule is CCC(=CC(=O)O)C(C)(C)C. The molecule has 0 aromatic heterocycles. The van der Waals surface area contributed by atoms with Crippen LogP contribution in [0.3, 0.4) is 0 Å². The first-order chi connectivity index (χ1) is 4.88. The first kappa shape index (κ1) is 10.2. The maximum absolute atomic E-state index is 10.3. The normalized spacial score (nSPS) is 13.3. The molecular formula is C9H16O2. The number of hydrogen-bond donors (Lipinski definition) is 1. The molecule has 0 fully saturated rings. The predicted molar refractivity (Wildman–Crippen MR) is 45.5 cm³/mol. The second kappa shape index (κ2) is 3.56. The van der Waals surface area contributed by atoms with Crippen LogP contribution in [0.5, 0.6) is 0 Å². The molecule has 0 aliphatic rings. The van der Waals surface area contributed by atoms with Gasteiger partial charge in [0.1, 0.15) is 0 Å². The Balaban J connectivity index is 4.54. The van der Waals surface area contributed by atoms with Gasteiger partial charge in [-0.3, -0.25) is 0 Å². The van der Waals surface area contributed by atoms with Crippen LogP contribution in [0.25, 0.3) is 0 Å². The Labute approximate surface area is 67.9 Å². The zero-order valence-electron chi connectivity index (χ0n) is 7.64. The molecule has 11 heavy (non-hydrogen) atoms. The van der Waals surface area contributed by atoms with Crippen molar-refractivity contribution in [3.05, 3.63) is 11.6 Å². The Morgan fingerprint density at radius 2 is 1.91 bits per heavy atom. The number of carboxylic acid groups (broad SMARTS) is 1. The van der Waals surface area contributed by atoms with Gasteiger partial charge in [-0.1, -0.05) is 33.3 Å². The minimum absolute atomic E-state index is 0.0207. The molecule has 1 N–H and O–H groups in total. The summed E-state index contributed by atoms with van der Waals surface area (Å²) >= 11 is 0. The molecule has 0 bridgehead atoms. The van der Waals surface area contributed by atoms with E-state index in [1.807, 2.05) is 27.7 Å². The monoisotopic (exact) mass is 156 g/mol. The Kier molecular flexibility index (Phi) is 3.30. The van der Waals surface area contributed by atoms with E-state index in [1.165, 1.54) is 6.08 Å². The van der Waals surface area contributed by atoms with E-state index < -0.39 is 5.97 Å². The van der Waals surface area contributed by atoms with E-state index in [2.05, 4.69) is 0 Å². The number of aliphatic carboxylic acids is 1. The zero-order chi connectivity index (χ0) is 9.07. The van der Waals surface area contributed by atoms with Crippen molar-refractivity contribution in [2.24, 2.45) is 5.41 Å². The van der Waals surface area contributed by atoms with Crippen LogP contribution in [0.1, 0.15) is 34.1 Å². The standard InChI is InChI=1S/C9H16O2/c1-5-7(6-8(10)11)9(2,3)4/h6H,5H2,1-4H3,(H,10,11). The van der Waals surface area contributed by atoms with Gasteiger partial charge >= 0.3 is 5.97 Å².